The van der Waals surface area contributed by atoms with Crippen LogP contribution in [0.3, 0.4) is 0 Å². The number of rotatable bonds is 2. The summed E-state index contributed by atoms with van der Waals surface area (Å²) in [7, 11) is 0. The molecule has 0 unspecified atom stereocenters. The largest absolute Gasteiger partial charge is 0.299 e. The molecule has 1 fully saturated rings. The Hall–Kier alpha value is -1.40. The summed E-state index contributed by atoms with van der Waals surface area (Å²) in [5.74, 6) is 0.484. The molecule has 0 atom stereocenters. The van der Waals surface area contributed by atoms with Gasteiger partial charge in [-0.15, -0.1) is 0 Å². The van der Waals surface area contributed by atoms with Crippen LogP contribution in [-0.2, 0) is 6.54 Å². The van der Waals surface area contributed by atoms with Crippen LogP contribution < -0.4 is 0 Å². The lowest BCUT2D eigenvalue weighted by molar-refractivity contribution is 0.185. The summed E-state index contributed by atoms with van der Waals surface area (Å²) in [5, 5.41) is 8.80. The molecule has 0 spiro atoms. The van der Waals surface area contributed by atoms with Gasteiger partial charge in [0, 0.05) is 6.54 Å². The average Bonchev–Trinajstić information content (AvgIpc) is 2.31. The smallest absolute Gasteiger partial charge is 0.124 e. The Morgan fingerprint density at radius 1 is 1.35 bits per heavy atom. The molecule has 0 aromatic heterocycles. The minimum Gasteiger partial charge on any atom is -0.299 e. The van der Waals surface area contributed by atoms with Crippen molar-refractivity contribution < 1.29 is 4.39 Å². The van der Waals surface area contributed by atoms with Crippen LogP contribution >= 0.6 is 0 Å². The Labute approximate surface area is 102 Å². The van der Waals surface area contributed by atoms with E-state index in [-0.39, 0.29) is 5.82 Å². The summed E-state index contributed by atoms with van der Waals surface area (Å²) in [5.41, 5.74) is 1.31. The summed E-state index contributed by atoms with van der Waals surface area (Å²) >= 11 is 0. The van der Waals surface area contributed by atoms with E-state index >= 15 is 0 Å². The maximum atomic E-state index is 13.3. The fraction of sp³-hybridized carbons (Fsp3) is 0.500. The van der Waals surface area contributed by atoms with Crippen LogP contribution in [-0.4, -0.2) is 18.0 Å². The second-order valence-electron chi connectivity index (χ2n) is 4.92. The highest BCUT2D eigenvalue weighted by Crippen LogP contribution is 2.19. The van der Waals surface area contributed by atoms with Gasteiger partial charge in [-0.2, -0.15) is 5.26 Å². The normalized spacial score (nSPS) is 17.9. The van der Waals surface area contributed by atoms with Crippen LogP contribution in [0.5, 0.6) is 0 Å². The minimum absolute atomic E-state index is 0.315. The molecule has 0 aliphatic carbocycles. The van der Waals surface area contributed by atoms with Crippen molar-refractivity contribution in [3.63, 3.8) is 0 Å². The Bertz CT molecular complexity index is 428. The van der Waals surface area contributed by atoms with E-state index < -0.39 is 0 Å². The lowest BCUT2D eigenvalue weighted by atomic mass is 9.98. The number of hydrogen-bond donors (Lipinski definition) is 0. The highest BCUT2D eigenvalue weighted by Gasteiger charge is 2.16. The van der Waals surface area contributed by atoms with E-state index in [0.717, 1.165) is 31.1 Å². The standard InChI is InChI=1S/C14H17FN2/c1-11-2-4-17(5-3-11)10-13-6-12(9-16)7-14(15)8-13/h6-8,11H,2-5,10H2,1H3. The topological polar surface area (TPSA) is 27.0 Å². The lowest BCUT2D eigenvalue weighted by Gasteiger charge is -2.30. The highest BCUT2D eigenvalue weighted by atomic mass is 19.1. The number of piperidine rings is 1. The minimum atomic E-state index is -0.315. The van der Waals surface area contributed by atoms with Crippen LogP contribution in [0.2, 0.25) is 0 Å². The van der Waals surface area contributed by atoms with Gasteiger partial charge in [-0.05, 0) is 55.6 Å². The molecule has 0 radical (unpaired) electrons. The van der Waals surface area contributed by atoms with Crippen molar-refractivity contribution >= 4 is 0 Å². The van der Waals surface area contributed by atoms with Crippen molar-refractivity contribution in [1.29, 1.82) is 5.26 Å². The van der Waals surface area contributed by atoms with Gasteiger partial charge in [0.05, 0.1) is 11.6 Å². The van der Waals surface area contributed by atoms with Gasteiger partial charge in [0.2, 0.25) is 0 Å². The van der Waals surface area contributed by atoms with E-state index in [1.54, 1.807) is 6.07 Å². The van der Waals surface area contributed by atoms with Crippen molar-refractivity contribution in [3.05, 3.63) is 35.1 Å². The Balaban J connectivity index is 2.03. The van der Waals surface area contributed by atoms with Crippen molar-refractivity contribution in [2.24, 2.45) is 5.92 Å². The zero-order chi connectivity index (χ0) is 12.3. The molecule has 3 heteroatoms. The average molecular weight is 232 g/mol. The molecule has 2 rings (SSSR count). The molecule has 0 saturated carbocycles. The van der Waals surface area contributed by atoms with E-state index in [9.17, 15) is 4.39 Å². The molecule has 1 aromatic carbocycles. The molecule has 0 amide bonds. The van der Waals surface area contributed by atoms with Crippen LogP contribution in [0.4, 0.5) is 4.39 Å². The Morgan fingerprint density at radius 3 is 2.71 bits per heavy atom. The van der Waals surface area contributed by atoms with Gasteiger partial charge in [-0.25, -0.2) is 4.39 Å². The first-order valence-corrected chi connectivity index (χ1v) is 6.09. The van der Waals surface area contributed by atoms with Gasteiger partial charge in [0.15, 0.2) is 0 Å². The zero-order valence-corrected chi connectivity index (χ0v) is 10.1. The number of likely N-dealkylation sites (tertiary alicyclic amines) is 1. The maximum absolute atomic E-state index is 13.3. The molecule has 1 aliphatic heterocycles. The number of nitrogens with zero attached hydrogens (tertiary/aromatic N) is 2. The molecule has 0 bridgehead atoms. The van der Waals surface area contributed by atoms with Gasteiger partial charge in [0.25, 0.3) is 0 Å². The third-order valence-corrected chi connectivity index (χ3v) is 3.37. The van der Waals surface area contributed by atoms with Crippen molar-refractivity contribution in [1.82, 2.24) is 4.90 Å². The Kier molecular flexibility index (Phi) is 3.75. The third kappa shape index (κ3) is 3.28. The van der Waals surface area contributed by atoms with Crippen molar-refractivity contribution in [3.8, 4) is 6.07 Å². The SMILES string of the molecule is CC1CCN(Cc2cc(F)cc(C#N)c2)CC1. The fourth-order valence-corrected chi connectivity index (χ4v) is 2.28. The maximum Gasteiger partial charge on any atom is 0.124 e. The second kappa shape index (κ2) is 5.29. The molecule has 1 aliphatic rings. The monoisotopic (exact) mass is 232 g/mol. The molecule has 1 aromatic rings. The summed E-state index contributed by atoms with van der Waals surface area (Å²) in [4.78, 5) is 2.33. The first-order valence-electron chi connectivity index (χ1n) is 6.09. The van der Waals surface area contributed by atoms with Gasteiger partial charge in [-0.3, -0.25) is 4.90 Å². The van der Waals surface area contributed by atoms with Crippen LogP contribution in [0, 0.1) is 23.1 Å². The first-order chi connectivity index (χ1) is 8.17. The van der Waals surface area contributed by atoms with Gasteiger partial charge in [-0.1, -0.05) is 6.92 Å². The molecule has 1 heterocycles. The van der Waals surface area contributed by atoms with E-state index in [0.29, 0.717) is 5.56 Å². The predicted octanol–water partition coefficient (Wildman–Crippen LogP) is 2.93. The predicted molar refractivity (Wildman–Crippen MR) is 64.8 cm³/mol. The van der Waals surface area contributed by atoms with Crippen LogP contribution in [0.1, 0.15) is 30.9 Å². The van der Waals surface area contributed by atoms with E-state index in [1.807, 2.05) is 6.07 Å². The summed E-state index contributed by atoms with van der Waals surface area (Å²) in [6, 6.07) is 6.58. The molecule has 90 valence electrons. The summed E-state index contributed by atoms with van der Waals surface area (Å²) < 4.78 is 13.3. The lowest BCUT2D eigenvalue weighted by Crippen LogP contribution is -2.32. The number of halogens is 1. The number of nitriles is 1. The molecular weight excluding hydrogens is 215 g/mol. The number of benzene rings is 1. The van der Waals surface area contributed by atoms with Gasteiger partial charge < -0.3 is 0 Å². The van der Waals surface area contributed by atoms with Gasteiger partial charge in [0.1, 0.15) is 5.82 Å². The van der Waals surface area contributed by atoms with E-state index in [1.165, 1.54) is 25.0 Å². The molecular formula is C14H17FN2. The molecule has 17 heavy (non-hydrogen) atoms. The van der Waals surface area contributed by atoms with Crippen molar-refractivity contribution in [2.75, 3.05) is 13.1 Å². The quantitative estimate of drug-likeness (QED) is 0.784. The highest BCUT2D eigenvalue weighted by molar-refractivity contribution is 5.33. The number of hydrogen-bond acceptors (Lipinski definition) is 2. The van der Waals surface area contributed by atoms with Gasteiger partial charge >= 0.3 is 0 Å². The fourth-order valence-electron chi connectivity index (χ4n) is 2.28. The summed E-state index contributed by atoms with van der Waals surface area (Å²) in [6.45, 7) is 5.16. The molecule has 0 N–H and O–H groups in total. The first kappa shape index (κ1) is 12.1. The molecule has 1 saturated heterocycles. The zero-order valence-electron chi connectivity index (χ0n) is 10.1. The second-order valence-corrected chi connectivity index (χ2v) is 4.92. The Morgan fingerprint density at radius 2 is 2.06 bits per heavy atom. The molecule has 2 nitrogen and oxygen atoms in total. The van der Waals surface area contributed by atoms with Crippen molar-refractivity contribution in [2.45, 2.75) is 26.3 Å². The summed E-state index contributed by atoms with van der Waals surface area (Å²) in [6.07, 6.45) is 2.42. The van der Waals surface area contributed by atoms with Crippen LogP contribution in [0.15, 0.2) is 18.2 Å². The van der Waals surface area contributed by atoms with E-state index in [4.69, 9.17) is 5.26 Å². The van der Waals surface area contributed by atoms with E-state index in [2.05, 4.69) is 11.8 Å². The van der Waals surface area contributed by atoms with Crippen LogP contribution in [0.25, 0.3) is 0 Å². The third-order valence-electron chi connectivity index (χ3n) is 3.37.